The Hall–Kier alpha value is -2.48. The van der Waals surface area contributed by atoms with E-state index in [0.29, 0.717) is 6.29 Å². The molecule has 0 heterocycles. The van der Waals surface area contributed by atoms with Gasteiger partial charge in [0.2, 0.25) is 5.91 Å². The van der Waals surface area contributed by atoms with E-state index in [2.05, 4.69) is 6.92 Å². The van der Waals surface area contributed by atoms with Crippen LogP contribution in [0, 0.1) is 17.0 Å². The summed E-state index contributed by atoms with van der Waals surface area (Å²) < 4.78 is 5.43. The monoisotopic (exact) mass is 420 g/mol. The Labute approximate surface area is 177 Å². The molecule has 30 heavy (non-hydrogen) atoms. The number of hydrogen-bond acceptors (Lipinski definition) is 6. The Morgan fingerprint density at radius 2 is 2.07 bits per heavy atom. The third-order valence-electron chi connectivity index (χ3n) is 5.58. The lowest BCUT2D eigenvalue weighted by Crippen LogP contribution is -2.42. The van der Waals surface area contributed by atoms with E-state index >= 15 is 0 Å². The van der Waals surface area contributed by atoms with Crippen LogP contribution in [-0.4, -0.2) is 46.0 Å². The number of nitrogens with zero attached hydrogens (tertiary/aromatic N) is 2. The number of aryl methyl sites for hydroxylation is 1. The fraction of sp³-hybridized carbons (Fsp3) is 0.636. The number of rotatable bonds is 11. The maximum atomic E-state index is 12.8. The molecule has 0 saturated heterocycles. The van der Waals surface area contributed by atoms with Crippen molar-refractivity contribution in [2.75, 3.05) is 6.54 Å². The molecule has 1 amide bonds. The van der Waals surface area contributed by atoms with Gasteiger partial charge in [0.1, 0.15) is 5.75 Å². The lowest BCUT2D eigenvalue weighted by molar-refractivity contribution is -0.385. The standard InChI is InChI=1S/C22H32N2O6/c1-3-4-12-23(18-8-6-5-7-9-18)20(26)10-11-21(27)30-19-13-16(2)22(24(28)29)17(14-19)15-25/h13-15,18,21,27H,3-12H2,1-2H3. The van der Waals surface area contributed by atoms with Crippen molar-refractivity contribution in [3.8, 4) is 5.75 Å². The van der Waals surface area contributed by atoms with Crippen molar-refractivity contribution in [1.82, 2.24) is 4.90 Å². The molecule has 1 unspecified atom stereocenters. The van der Waals surface area contributed by atoms with Gasteiger partial charge in [-0.3, -0.25) is 19.7 Å². The number of hydrogen-bond donors (Lipinski definition) is 1. The van der Waals surface area contributed by atoms with Crippen LogP contribution in [0.25, 0.3) is 0 Å². The second-order valence-electron chi connectivity index (χ2n) is 7.90. The maximum absolute atomic E-state index is 12.8. The summed E-state index contributed by atoms with van der Waals surface area (Å²) in [5, 5.41) is 21.3. The first-order valence-corrected chi connectivity index (χ1v) is 10.8. The zero-order chi connectivity index (χ0) is 22.1. The molecule has 1 atom stereocenters. The molecular formula is C22H32N2O6. The predicted molar refractivity (Wildman–Crippen MR) is 113 cm³/mol. The molecule has 0 spiro atoms. The third-order valence-corrected chi connectivity index (χ3v) is 5.58. The number of benzene rings is 1. The van der Waals surface area contributed by atoms with Crippen molar-refractivity contribution in [3.05, 3.63) is 33.4 Å². The Morgan fingerprint density at radius 1 is 1.37 bits per heavy atom. The van der Waals surface area contributed by atoms with Gasteiger partial charge in [-0.1, -0.05) is 32.6 Å². The van der Waals surface area contributed by atoms with Crippen molar-refractivity contribution in [1.29, 1.82) is 0 Å². The van der Waals surface area contributed by atoms with Gasteiger partial charge in [-0.05, 0) is 38.3 Å². The number of ether oxygens (including phenoxy) is 1. The van der Waals surface area contributed by atoms with E-state index in [9.17, 15) is 24.8 Å². The Balaban J connectivity index is 1.97. The highest BCUT2D eigenvalue weighted by molar-refractivity contribution is 5.83. The van der Waals surface area contributed by atoms with Crippen LogP contribution in [0.15, 0.2) is 12.1 Å². The van der Waals surface area contributed by atoms with E-state index in [4.69, 9.17) is 4.74 Å². The van der Waals surface area contributed by atoms with E-state index in [1.165, 1.54) is 25.5 Å². The van der Waals surface area contributed by atoms with E-state index < -0.39 is 11.2 Å². The van der Waals surface area contributed by atoms with E-state index in [1.54, 1.807) is 0 Å². The zero-order valence-corrected chi connectivity index (χ0v) is 17.8. The van der Waals surface area contributed by atoms with Crippen molar-refractivity contribution in [2.45, 2.75) is 84.0 Å². The second kappa shape index (κ2) is 11.6. The zero-order valence-electron chi connectivity index (χ0n) is 17.8. The fourth-order valence-corrected chi connectivity index (χ4v) is 4.02. The van der Waals surface area contributed by atoms with Crippen LogP contribution < -0.4 is 4.74 Å². The molecule has 0 bridgehead atoms. The first kappa shape index (κ1) is 23.8. The van der Waals surface area contributed by atoms with Crippen LogP contribution in [0.4, 0.5) is 5.69 Å². The molecule has 0 aliphatic heterocycles. The molecule has 8 nitrogen and oxygen atoms in total. The average Bonchev–Trinajstić information content (AvgIpc) is 2.72. The topological polar surface area (TPSA) is 110 Å². The number of aldehydes is 1. The molecule has 1 N–H and O–H groups in total. The number of nitro benzene ring substituents is 1. The quantitative estimate of drug-likeness (QED) is 0.249. The first-order chi connectivity index (χ1) is 14.4. The molecule has 0 radical (unpaired) electrons. The summed E-state index contributed by atoms with van der Waals surface area (Å²) in [7, 11) is 0. The molecule has 2 rings (SSSR count). The summed E-state index contributed by atoms with van der Waals surface area (Å²) in [6, 6.07) is 2.92. The summed E-state index contributed by atoms with van der Waals surface area (Å²) in [5.74, 6) is 0.182. The summed E-state index contributed by atoms with van der Waals surface area (Å²) in [6.07, 6.45) is 6.97. The minimum atomic E-state index is -1.24. The van der Waals surface area contributed by atoms with Crippen LogP contribution in [0.2, 0.25) is 0 Å². The van der Waals surface area contributed by atoms with Gasteiger partial charge < -0.3 is 14.7 Å². The molecule has 1 saturated carbocycles. The van der Waals surface area contributed by atoms with Crippen LogP contribution in [0.1, 0.15) is 80.6 Å². The van der Waals surface area contributed by atoms with Crippen LogP contribution in [0.5, 0.6) is 5.75 Å². The molecule has 166 valence electrons. The van der Waals surface area contributed by atoms with Crippen LogP contribution in [0.3, 0.4) is 0 Å². The van der Waals surface area contributed by atoms with Gasteiger partial charge in [-0.25, -0.2) is 0 Å². The molecule has 0 aromatic heterocycles. The van der Waals surface area contributed by atoms with Gasteiger partial charge in [0.25, 0.3) is 5.69 Å². The Morgan fingerprint density at radius 3 is 2.67 bits per heavy atom. The number of nitro groups is 1. The second-order valence-corrected chi connectivity index (χ2v) is 7.90. The molecule has 1 aromatic rings. The van der Waals surface area contributed by atoms with Crippen molar-refractivity contribution < 1.29 is 24.4 Å². The first-order valence-electron chi connectivity index (χ1n) is 10.8. The molecule has 1 aromatic carbocycles. The van der Waals surface area contributed by atoms with Gasteiger partial charge in [0.15, 0.2) is 12.6 Å². The van der Waals surface area contributed by atoms with Crippen LogP contribution in [-0.2, 0) is 4.79 Å². The predicted octanol–water partition coefficient (Wildman–Crippen LogP) is 4.15. The van der Waals surface area contributed by atoms with Gasteiger partial charge in [-0.15, -0.1) is 0 Å². The highest BCUT2D eigenvalue weighted by atomic mass is 16.6. The summed E-state index contributed by atoms with van der Waals surface area (Å²) >= 11 is 0. The lowest BCUT2D eigenvalue weighted by atomic mass is 9.93. The molecule has 1 fully saturated rings. The summed E-state index contributed by atoms with van der Waals surface area (Å²) in [5.41, 5.74) is -0.117. The van der Waals surface area contributed by atoms with Gasteiger partial charge in [-0.2, -0.15) is 0 Å². The van der Waals surface area contributed by atoms with Gasteiger partial charge in [0.05, 0.1) is 10.5 Å². The summed E-state index contributed by atoms with van der Waals surface area (Å²) in [4.78, 5) is 36.4. The molecule has 8 heteroatoms. The third kappa shape index (κ3) is 6.52. The van der Waals surface area contributed by atoms with Crippen molar-refractivity contribution in [2.24, 2.45) is 0 Å². The minimum absolute atomic E-state index is 0.0199. The lowest BCUT2D eigenvalue weighted by Gasteiger charge is -2.34. The average molecular weight is 421 g/mol. The smallest absolute Gasteiger partial charge is 0.283 e. The van der Waals surface area contributed by atoms with Crippen molar-refractivity contribution >= 4 is 17.9 Å². The number of amides is 1. The van der Waals surface area contributed by atoms with Gasteiger partial charge in [0, 0.05) is 31.0 Å². The normalized spacial score (nSPS) is 15.4. The largest absolute Gasteiger partial charge is 0.465 e. The van der Waals surface area contributed by atoms with Crippen molar-refractivity contribution in [3.63, 3.8) is 0 Å². The molecule has 1 aliphatic rings. The number of unbranched alkanes of at least 4 members (excludes halogenated alkanes) is 1. The Bertz CT molecular complexity index is 745. The number of carbonyl (C=O) groups excluding carboxylic acids is 2. The fourth-order valence-electron chi connectivity index (χ4n) is 4.02. The Kier molecular flexibility index (Phi) is 9.23. The highest BCUT2D eigenvalue weighted by Crippen LogP contribution is 2.29. The molecule has 1 aliphatic carbocycles. The molecular weight excluding hydrogens is 388 g/mol. The summed E-state index contributed by atoms with van der Waals surface area (Å²) in [6.45, 7) is 4.34. The number of carbonyl (C=O) groups is 2. The van der Waals surface area contributed by atoms with Gasteiger partial charge >= 0.3 is 0 Å². The van der Waals surface area contributed by atoms with E-state index in [0.717, 1.165) is 45.1 Å². The van der Waals surface area contributed by atoms with E-state index in [1.807, 2.05) is 4.90 Å². The highest BCUT2D eigenvalue weighted by Gasteiger charge is 2.26. The SMILES string of the molecule is CCCCN(C(=O)CCC(O)Oc1cc(C)c([N+](=O)[O-])c(C=O)c1)C1CCCCC1. The van der Waals surface area contributed by atoms with E-state index in [-0.39, 0.29) is 47.4 Å². The number of aliphatic hydroxyl groups is 1. The maximum Gasteiger partial charge on any atom is 0.283 e. The van der Waals surface area contributed by atoms with Crippen LogP contribution >= 0.6 is 0 Å². The number of aliphatic hydroxyl groups excluding tert-OH is 1. The minimum Gasteiger partial charge on any atom is -0.465 e.